The lowest BCUT2D eigenvalue weighted by Crippen LogP contribution is -2.47. The first-order valence-corrected chi connectivity index (χ1v) is 6.65. The van der Waals surface area contributed by atoms with Gasteiger partial charge in [0.25, 0.3) is 0 Å². The highest BCUT2D eigenvalue weighted by Crippen LogP contribution is 2.40. The number of hydrogen-bond donors (Lipinski definition) is 1. The number of ether oxygens (including phenoxy) is 1. The van der Waals surface area contributed by atoms with Crippen LogP contribution in [0.3, 0.4) is 0 Å². The Kier molecular flexibility index (Phi) is 4.40. The van der Waals surface area contributed by atoms with Crippen LogP contribution in [-0.2, 0) is 9.53 Å². The van der Waals surface area contributed by atoms with Crippen molar-refractivity contribution in [1.82, 2.24) is 4.90 Å². The van der Waals surface area contributed by atoms with E-state index in [1.807, 2.05) is 0 Å². The van der Waals surface area contributed by atoms with Crippen molar-refractivity contribution in [3.8, 4) is 0 Å². The van der Waals surface area contributed by atoms with Crippen molar-refractivity contribution in [2.75, 3.05) is 33.4 Å². The maximum atomic E-state index is 10.4. The average molecular weight is 241 g/mol. The van der Waals surface area contributed by atoms with Gasteiger partial charge in [-0.25, -0.2) is 4.79 Å². The topological polar surface area (TPSA) is 49.8 Å². The van der Waals surface area contributed by atoms with Gasteiger partial charge < -0.3 is 14.7 Å². The monoisotopic (exact) mass is 241 g/mol. The van der Waals surface area contributed by atoms with Crippen molar-refractivity contribution >= 4 is 5.97 Å². The molecule has 1 aliphatic heterocycles. The SMILES string of the molecule is CN1CC2CCCC(C1)C2CCOCC(=O)O. The zero-order valence-corrected chi connectivity index (χ0v) is 10.6. The van der Waals surface area contributed by atoms with Crippen LogP contribution >= 0.6 is 0 Å². The van der Waals surface area contributed by atoms with Gasteiger partial charge in [-0.15, -0.1) is 0 Å². The Balaban J connectivity index is 1.77. The van der Waals surface area contributed by atoms with Crippen molar-refractivity contribution in [1.29, 1.82) is 0 Å². The first-order chi connectivity index (χ1) is 8.16. The lowest BCUT2D eigenvalue weighted by atomic mass is 9.68. The molecule has 1 heterocycles. The van der Waals surface area contributed by atoms with E-state index >= 15 is 0 Å². The van der Waals surface area contributed by atoms with Crippen molar-refractivity contribution in [3.05, 3.63) is 0 Å². The van der Waals surface area contributed by atoms with Crippen LogP contribution < -0.4 is 0 Å². The fourth-order valence-electron chi connectivity index (χ4n) is 3.63. The Morgan fingerprint density at radius 3 is 2.59 bits per heavy atom. The Morgan fingerprint density at radius 2 is 2.00 bits per heavy atom. The standard InChI is InChI=1S/C13H23NO3/c1-14-7-10-3-2-4-11(8-14)12(10)5-6-17-9-13(15)16/h10-12H,2-9H2,1H3,(H,15,16). The number of aliphatic carboxylic acids is 1. The van der Waals surface area contributed by atoms with Crippen LogP contribution in [0.25, 0.3) is 0 Å². The second kappa shape index (κ2) is 5.83. The molecule has 2 unspecified atom stereocenters. The molecular weight excluding hydrogens is 218 g/mol. The molecule has 1 saturated heterocycles. The largest absolute Gasteiger partial charge is 0.480 e. The van der Waals surface area contributed by atoms with Gasteiger partial charge in [0, 0.05) is 19.7 Å². The normalized spacial score (nSPS) is 33.6. The van der Waals surface area contributed by atoms with Crippen LogP contribution in [0.4, 0.5) is 0 Å². The van der Waals surface area contributed by atoms with Gasteiger partial charge in [0.1, 0.15) is 6.61 Å². The zero-order valence-electron chi connectivity index (χ0n) is 10.6. The minimum atomic E-state index is -0.867. The van der Waals surface area contributed by atoms with Gasteiger partial charge in [0.2, 0.25) is 0 Å². The predicted molar refractivity (Wildman–Crippen MR) is 64.9 cm³/mol. The Labute approximate surface area is 103 Å². The molecule has 0 amide bonds. The predicted octanol–water partition coefficient (Wildman–Crippen LogP) is 1.46. The third-order valence-electron chi connectivity index (χ3n) is 4.27. The van der Waals surface area contributed by atoms with E-state index in [-0.39, 0.29) is 6.61 Å². The summed E-state index contributed by atoms with van der Waals surface area (Å²) in [4.78, 5) is 12.8. The maximum absolute atomic E-state index is 10.4. The smallest absolute Gasteiger partial charge is 0.329 e. The fourth-order valence-corrected chi connectivity index (χ4v) is 3.63. The molecule has 2 atom stereocenters. The molecule has 1 saturated carbocycles. The number of piperidine rings is 1. The van der Waals surface area contributed by atoms with Crippen LogP contribution in [0, 0.1) is 17.8 Å². The Bertz CT molecular complexity index is 255. The van der Waals surface area contributed by atoms with Gasteiger partial charge in [-0.1, -0.05) is 6.42 Å². The third kappa shape index (κ3) is 3.42. The summed E-state index contributed by atoms with van der Waals surface area (Å²) < 4.78 is 5.18. The van der Waals surface area contributed by atoms with E-state index in [2.05, 4.69) is 11.9 Å². The Morgan fingerprint density at radius 1 is 1.35 bits per heavy atom. The number of carbonyl (C=O) groups is 1. The van der Waals surface area contributed by atoms with E-state index in [0.717, 1.165) is 24.2 Å². The molecule has 4 nitrogen and oxygen atoms in total. The molecule has 1 N–H and O–H groups in total. The molecule has 98 valence electrons. The summed E-state index contributed by atoms with van der Waals surface area (Å²) in [7, 11) is 2.21. The number of carboxylic acid groups (broad SMARTS) is 1. The van der Waals surface area contributed by atoms with E-state index in [1.54, 1.807) is 0 Å². The lowest BCUT2D eigenvalue weighted by molar-refractivity contribution is -0.142. The van der Waals surface area contributed by atoms with Gasteiger partial charge in [-0.05, 0) is 44.1 Å². The van der Waals surface area contributed by atoms with E-state index in [1.165, 1.54) is 32.4 Å². The first kappa shape index (κ1) is 12.8. The summed E-state index contributed by atoms with van der Waals surface area (Å²) >= 11 is 0. The molecule has 0 aromatic rings. The molecule has 1 aliphatic carbocycles. The van der Waals surface area contributed by atoms with Crippen LogP contribution in [-0.4, -0.2) is 49.3 Å². The highest BCUT2D eigenvalue weighted by atomic mass is 16.5. The molecule has 2 bridgehead atoms. The Hall–Kier alpha value is -0.610. The van der Waals surface area contributed by atoms with Crippen LogP contribution in [0.15, 0.2) is 0 Å². The number of nitrogens with zero attached hydrogens (tertiary/aromatic N) is 1. The average Bonchev–Trinajstić information content (AvgIpc) is 2.24. The molecule has 0 radical (unpaired) electrons. The van der Waals surface area contributed by atoms with Crippen molar-refractivity contribution in [2.24, 2.45) is 17.8 Å². The van der Waals surface area contributed by atoms with Gasteiger partial charge in [0.05, 0.1) is 0 Å². The van der Waals surface area contributed by atoms with E-state index in [0.29, 0.717) is 6.61 Å². The summed E-state index contributed by atoms with van der Waals surface area (Å²) in [6.07, 6.45) is 5.08. The highest BCUT2D eigenvalue weighted by Gasteiger charge is 2.37. The molecule has 2 rings (SSSR count). The van der Waals surface area contributed by atoms with E-state index in [9.17, 15) is 4.79 Å². The number of fused-ring (bicyclic) bond motifs is 2. The van der Waals surface area contributed by atoms with Crippen molar-refractivity contribution in [2.45, 2.75) is 25.7 Å². The maximum Gasteiger partial charge on any atom is 0.329 e. The first-order valence-electron chi connectivity index (χ1n) is 6.65. The number of carboxylic acids is 1. The van der Waals surface area contributed by atoms with Gasteiger partial charge in [0.15, 0.2) is 0 Å². The molecule has 17 heavy (non-hydrogen) atoms. The quantitative estimate of drug-likeness (QED) is 0.740. The van der Waals surface area contributed by atoms with Crippen LogP contribution in [0.2, 0.25) is 0 Å². The van der Waals surface area contributed by atoms with Crippen LogP contribution in [0.1, 0.15) is 25.7 Å². The minimum Gasteiger partial charge on any atom is -0.480 e. The number of hydrogen-bond acceptors (Lipinski definition) is 3. The van der Waals surface area contributed by atoms with E-state index < -0.39 is 5.97 Å². The highest BCUT2D eigenvalue weighted by molar-refractivity contribution is 5.67. The summed E-state index contributed by atoms with van der Waals surface area (Å²) in [5, 5.41) is 8.51. The molecule has 2 fully saturated rings. The number of rotatable bonds is 5. The summed E-state index contributed by atoms with van der Waals surface area (Å²) in [5.74, 6) is 1.50. The lowest BCUT2D eigenvalue weighted by Gasteiger charge is -2.46. The second-order valence-corrected chi connectivity index (χ2v) is 5.57. The molecule has 4 heteroatoms. The molecule has 0 aromatic heterocycles. The van der Waals surface area contributed by atoms with Crippen molar-refractivity contribution < 1.29 is 14.6 Å². The summed E-state index contributed by atoms with van der Waals surface area (Å²) in [6.45, 7) is 2.87. The minimum absolute atomic E-state index is 0.151. The molecule has 0 spiro atoms. The van der Waals surface area contributed by atoms with Crippen LogP contribution in [0.5, 0.6) is 0 Å². The van der Waals surface area contributed by atoms with E-state index in [4.69, 9.17) is 9.84 Å². The second-order valence-electron chi connectivity index (χ2n) is 5.57. The van der Waals surface area contributed by atoms with Gasteiger partial charge in [-0.3, -0.25) is 0 Å². The molecule has 2 aliphatic rings. The third-order valence-corrected chi connectivity index (χ3v) is 4.27. The van der Waals surface area contributed by atoms with Crippen molar-refractivity contribution in [3.63, 3.8) is 0 Å². The molecule has 0 aromatic carbocycles. The fraction of sp³-hybridized carbons (Fsp3) is 0.923. The number of likely N-dealkylation sites (tertiary alicyclic amines) is 1. The summed E-state index contributed by atoms with van der Waals surface area (Å²) in [6, 6.07) is 0. The molecular formula is C13H23NO3. The van der Waals surface area contributed by atoms with Gasteiger partial charge in [-0.2, -0.15) is 0 Å². The zero-order chi connectivity index (χ0) is 12.3. The summed E-state index contributed by atoms with van der Waals surface area (Å²) in [5.41, 5.74) is 0. The van der Waals surface area contributed by atoms with Gasteiger partial charge >= 0.3 is 5.97 Å².